The molecule has 0 N–H and O–H groups in total. The summed E-state index contributed by atoms with van der Waals surface area (Å²) in [5.41, 5.74) is 3.27. The highest BCUT2D eigenvalue weighted by molar-refractivity contribution is 6.03. The fourth-order valence-electron chi connectivity index (χ4n) is 3.43. The SMILES string of the molecule is COc1ccc(CCN2C(=O)C[C@@H](Cc3ccc(C)cc3)C2=O)cc1OC. The maximum atomic E-state index is 12.7. The lowest BCUT2D eigenvalue weighted by molar-refractivity contribution is -0.139. The van der Waals surface area contributed by atoms with E-state index in [9.17, 15) is 9.59 Å². The number of hydrogen-bond donors (Lipinski definition) is 0. The summed E-state index contributed by atoms with van der Waals surface area (Å²) in [6.07, 6.45) is 1.49. The fraction of sp³-hybridized carbons (Fsp3) is 0.364. The second kappa shape index (κ2) is 8.25. The van der Waals surface area contributed by atoms with Crippen molar-refractivity contribution in [3.05, 3.63) is 59.2 Å². The Kier molecular flexibility index (Phi) is 5.79. The zero-order chi connectivity index (χ0) is 19.4. The van der Waals surface area contributed by atoms with Crippen LogP contribution in [0.4, 0.5) is 0 Å². The highest BCUT2D eigenvalue weighted by atomic mass is 16.5. The summed E-state index contributed by atoms with van der Waals surface area (Å²) in [7, 11) is 3.18. The number of rotatable bonds is 7. The average molecular weight is 367 g/mol. The first-order chi connectivity index (χ1) is 13.0. The van der Waals surface area contributed by atoms with Crippen LogP contribution in [0.25, 0.3) is 0 Å². The zero-order valence-corrected chi connectivity index (χ0v) is 16.0. The van der Waals surface area contributed by atoms with E-state index in [0.29, 0.717) is 37.3 Å². The molecule has 3 rings (SSSR count). The Balaban J connectivity index is 1.63. The molecule has 1 atom stereocenters. The van der Waals surface area contributed by atoms with Crippen molar-refractivity contribution >= 4 is 11.8 Å². The molecule has 0 spiro atoms. The molecule has 1 heterocycles. The van der Waals surface area contributed by atoms with E-state index in [1.54, 1.807) is 14.2 Å². The molecule has 2 aromatic carbocycles. The van der Waals surface area contributed by atoms with Crippen LogP contribution >= 0.6 is 0 Å². The van der Waals surface area contributed by atoms with E-state index in [4.69, 9.17) is 9.47 Å². The standard InChI is InChI=1S/C22H25NO4/c1-15-4-6-16(7-5-15)12-18-14-21(24)23(22(18)25)11-10-17-8-9-19(26-2)20(13-17)27-3/h4-9,13,18H,10-12,14H2,1-3H3/t18-/m1/s1. The first-order valence-electron chi connectivity index (χ1n) is 9.12. The molecule has 0 radical (unpaired) electrons. The molecule has 1 aliphatic rings. The third kappa shape index (κ3) is 4.30. The molecule has 2 amide bonds. The number of benzene rings is 2. The summed E-state index contributed by atoms with van der Waals surface area (Å²) in [5.74, 6) is 0.892. The summed E-state index contributed by atoms with van der Waals surface area (Å²) >= 11 is 0. The quantitative estimate of drug-likeness (QED) is 0.706. The third-order valence-electron chi connectivity index (χ3n) is 5.01. The Morgan fingerprint density at radius 2 is 1.63 bits per heavy atom. The predicted octanol–water partition coefficient (Wildman–Crippen LogP) is 3.17. The van der Waals surface area contributed by atoms with Gasteiger partial charge in [0.1, 0.15) is 0 Å². The predicted molar refractivity (Wildman–Crippen MR) is 103 cm³/mol. The van der Waals surface area contributed by atoms with E-state index < -0.39 is 0 Å². The van der Waals surface area contributed by atoms with Crippen LogP contribution < -0.4 is 9.47 Å². The Morgan fingerprint density at radius 3 is 2.30 bits per heavy atom. The zero-order valence-electron chi connectivity index (χ0n) is 16.0. The number of likely N-dealkylation sites (tertiary alicyclic amines) is 1. The highest BCUT2D eigenvalue weighted by Crippen LogP contribution is 2.28. The van der Waals surface area contributed by atoms with Gasteiger partial charge in [0.05, 0.1) is 20.1 Å². The van der Waals surface area contributed by atoms with Crippen LogP contribution in [0.5, 0.6) is 11.5 Å². The van der Waals surface area contributed by atoms with Crippen LogP contribution in [0.3, 0.4) is 0 Å². The molecule has 0 aliphatic carbocycles. The number of imide groups is 1. The fourth-order valence-corrected chi connectivity index (χ4v) is 3.43. The van der Waals surface area contributed by atoms with Gasteiger partial charge < -0.3 is 9.47 Å². The van der Waals surface area contributed by atoms with Gasteiger partial charge in [-0.05, 0) is 43.0 Å². The Bertz CT molecular complexity index is 829. The van der Waals surface area contributed by atoms with Gasteiger partial charge >= 0.3 is 0 Å². The molecule has 0 bridgehead atoms. The van der Waals surface area contributed by atoms with Crippen molar-refractivity contribution in [1.29, 1.82) is 0 Å². The molecule has 142 valence electrons. The molecule has 1 aliphatic heterocycles. The van der Waals surface area contributed by atoms with Gasteiger partial charge in [-0.3, -0.25) is 14.5 Å². The minimum absolute atomic E-state index is 0.0685. The lowest BCUT2D eigenvalue weighted by Crippen LogP contribution is -2.33. The number of carbonyl (C=O) groups excluding carboxylic acids is 2. The van der Waals surface area contributed by atoms with Crippen molar-refractivity contribution in [2.75, 3.05) is 20.8 Å². The van der Waals surface area contributed by atoms with Crippen LogP contribution in [0, 0.1) is 12.8 Å². The van der Waals surface area contributed by atoms with Gasteiger partial charge in [-0.15, -0.1) is 0 Å². The van der Waals surface area contributed by atoms with Gasteiger partial charge in [0.25, 0.3) is 0 Å². The smallest absolute Gasteiger partial charge is 0.233 e. The number of nitrogens with zero attached hydrogens (tertiary/aromatic N) is 1. The number of carbonyl (C=O) groups is 2. The van der Waals surface area contributed by atoms with Gasteiger partial charge in [-0.25, -0.2) is 0 Å². The summed E-state index contributed by atoms with van der Waals surface area (Å²) < 4.78 is 10.5. The Morgan fingerprint density at radius 1 is 0.963 bits per heavy atom. The molecule has 5 nitrogen and oxygen atoms in total. The minimum atomic E-state index is -0.259. The second-order valence-corrected chi connectivity index (χ2v) is 6.91. The summed E-state index contributed by atoms with van der Waals surface area (Å²) in [4.78, 5) is 26.4. The lowest BCUT2D eigenvalue weighted by Gasteiger charge is -2.16. The molecule has 0 saturated carbocycles. The van der Waals surface area contributed by atoms with E-state index in [1.165, 1.54) is 10.5 Å². The molecular weight excluding hydrogens is 342 g/mol. The van der Waals surface area contributed by atoms with Crippen LogP contribution in [0.2, 0.25) is 0 Å². The molecule has 1 fully saturated rings. The third-order valence-corrected chi connectivity index (χ3v) is 5.01. The molecular formula is C22H25NO4. The molecule has 2 aromatic rings. The van der Waals surface area contributed by atoms with Crippen molar-refractivity contribution in [3.63, 3.8) is 0 Å². The molecule has 0 unspecified atom stereocenters. The molecule has 5 heteroatoms. The van der Waals surface area contributed by atoms with E-state index in [2.05, 4.69) is 0 Å². The normalized spacial score (nSPS) is 16.7. The molecule has 27 heavy (non-hydrogen) atoms. The Labute approximate surface area is 159 Å². The van der Waals surface area contributed by atoms with Crippen molar-refractivity contribution < 1.29 is 19.1 Å². The number of amides is 2. The van der Waals surface area contributed by atoms with Crippen molar-refractivity contribution in [2.24, 2.45) is 5.92 Å². The molecule has 1 saturated heterocycles. The van der Waals surface area contributed by atoms with Gasteiger partial charge in [-0.1, -0.05) is 35.9 Å². The van der Waals surface area contributed by atoms with Crippen molar-refractivity contribution in [1.82, 2.24) is 4.90 Å². The van der Waals surface area contributed by atoms with E-state index in [0.717, 1.165) is 11.1 Å². The second-order valence-electron chi connectivity index (χ2n) is 6.91. The van der Waals surface area contributed by atoms with Gasteiger partial charge in [-0.2, -0.15) is 0 Å². The lowest BCUT2D eigenvalue weighted by atomic mass is 9.97. The maximum absolute atomic E-state index is 12.7. The Hall–Kier alpha value is -2.82. The number of methoxy groups -OCH3 is 2. The van der Waals surface area contributed by atoms with Gasteiger partial charge in [0.2, 0.25) is 11.8 Å². The monoisotopic (exact) mass is 367 g/mol. The summed E-state index contributed by atoms with van der Waals surface area (Å²) in [5, 5.41) is 0. The summed E-state index contributed by atoms with van der Waals surface area (Å²) in [6.45, 7) is 2.42. The molecule has 0 aromatic heterocycles. The van der Waals surface area contributed by atoms with Crippen LogP contribution in [-0.4, -0.2) is 37.5 Å². The average Bonchev–Trinajstić information content (AvgIpc) is 2.94. The first kappa shape index (κ1) is 19.0. The highest BCUT2D eigenvalue weighted by Gasteiger charge is 2.37. The van der Waals surface area contributed by atoms with E-state index in [-0.39, 0.29) is 17.7 Å². The van der Waals surface area contributed by atoms with Crippen LogP contribution in [-0.2, 0) is 22.4 Å². The van der Waals surface area contributed by atoms with Crippen LogP contribution in [0.1, 0.15) is 23.1 Å². The number of hydrogen-bond acceptors (Lipinski definition) is 4. The maximum Gasteiger partial charge on any atom is 0.233 e. The number of aryl methyl sites for hydroxylation is 1. The van der Waals surface area contributed by atoms with Gasteiger partial charge in [0.15, 0.2) is 11.5 Å². The van der Waals surface area contributed by atoms with Crippen LogP contribution in [0.15, 0.2) is 42.5 Å². The van der Waals surface area contributed by atoms with E-state index >= 15 is 0 Å². The van der Waals surface area contributed by atoms with Gasteiger partial charge in [0, 0.05) is 13.0 Å². The topological polar surface area (TPSA) is 55.8 Å². The largest absolute Gasteiger partial charge is 0.493 e. The number of ether oxygens (including phenoxy) is 2. The van der Waals surface area contributed by atoms with E-state index in [1.807, 2.05) is 49.4 Å². The summed E-state index contributed by atoms with van der Waals surface area (Å²) in [6, 6.07) is 13.8. The first-order valence-corrected chi connectivity index (χ1v) is 9.12. The van der Waals surface area contributed by atoms with Crippen molar-refractivity contribution in [2.45, 2.75) is 26.2 Å². The van der Waals surface area contributed by atoms with Crippen molar-refractivity contribution in [3.8, 4) is 11.5 Å². The minimum Gasteiger partial charge on any atom is -0.493 e.